The van der Waals surface area contributed by atoms with Gasteiger partial charge in [-0.25, -0.2) is 0 Å². The van der Waals surface area contributed by atoms with Gasteiger partial charge in [0.2, 0.25) is 0 Å². The molecule has 0 aliphatic rings. The standard InChI is InChI=1S/C92H52N6S2/c93-53-75-86(96-79-39-19-13-33-65(79)66-34-14-20-40-80(66)96)88(98-82-52-58(62-30-10-8-28-60(62)56-25-5-2-6-26-56)44-46-68(82)72-48-50-74-70-36-16-22-42-84(70)100-92(74)90(72)98)76(54-94)85(95-77-37-17-11-31-63(77)64-32-12-18-38-78(64)95)87(75)97-81-51-57(61-29-9-7-27-59(61)55-23-3-1-4-24-55)43-45-67(81)71-47-49-73-69-35-15-21-41-83(69)99-91(73)89(71)97/h1-52H. The number of benzene rings is 15. The number of hydrogen-bond donors (Lipinski definition) is 0. The molecular formula is C92H52N6S2. The lowest BCUT2D eigenvalue weighted by Gasteiger charge is -2.27. The zero-order valence-corrected chi connectivity index (χ0v) is 55.2. The van der Waals surface area contributed by atoms with E-state index in [1.807, 2.05) is 0 Å². The smallest absolute Gasteiger partial charge is 0.104 e. The van der Waals surface area contributed by atoms with Crippen molar-refractivity contribution in [1.82, 2.24) is 18.3 Å². The maximum Gasteiger partial charge on any atom is 0.104 e. The van der Waals surface area contributed by atoms with E-state index in [9.17, 15) is 10.5 Å². The minimum Gasteiger partial charge on any atom is -0.306 e. The Morgan fingerprint density at radius 2 is 0.500 bits per heavy atom. The lowest BCUT2D eigenvalue weighted by molar-refractivity contribution is 1.03. The van der Waals surface area contributed by atoms with Gasteiger partial charge in [0.15, 0.2) is 0 Å². The van der Waals surface area contributed by atoms with Crippen molar-refractivity contribution in [2.24, 2.45) is 0 Å². The predicted molar refractivity (Wildman–Crippen MR) is 421 cm³/mol. The van der Waals surface area contributed by atoms with Gasteiger partial charge in [-0.15, -0.1) is 22.7 Å². The van der Waals surface area contributed by atoms with Crippen LogP contribution >= 0.6 is 22.7 Å². The highest BCUT2D eigenvalue weighted by Gasteiger charge is 2.36. The van der Waals surface area contributed by atoms with Crippen molar-refractivity contribution < 1.29 is 0 Å². The number of para-hydroxylation sites is 4. The summed E-state index contributed by atoms with van der Waals surface area (Å²) < 4.78 is 13.9. The fourth-order valence-corrected chi connectivity index (χ4v) is 19.2. The SMILES string of the molecule is N#Cc1c(-n2c3ccccc3c3ccccc32)c(-n2c3cc(-c4ccccc4-c4ccccc4)ccc3c3ccc4c5ccccc5sc4c32)c(C#N)c(-n2c3ccccc3c3ccccc32)c1-n1c2cc(-c3ccccc3-c3ccccc3)ccc2c2ccc3c4ccccc4sc3c21. The average molecular weight is 1310 g/mol. The highest BCUT2D eigenvalue weighted by molar-refractivity contribution is 7.27. The van der Waals surface area contributed by atoms with E-state index in [1.54, 1.807) is 22.7 Å². The maximum absolute atomic E-state index is 13.6. The first-order valence-electron chi connectivity index (χ1n) is 33.7. The Bertz CT molecular complexity index is 6640. The molecule has 0 amide bonds. The number of aromatic nitrogens is 4. The molecule has 0 atom stereocenters. The molecule has 8 heteroatoms. The molecule has 0 saturated heterocycles. The van der Waals surface area contributed by atoms with E-state index >= 15 is 0 Å². The Morgan fingerprint density at radius 3 is 0.870 bits per heavy atom. The first-order valence-corrected chi connectivity index (χ1v) is 35.3. The summed E-state index contributed by atoms with van der Waals surface area (Å²) in [4.78, 5) is 0. The van der Waals surface area contributed by atoms with Gasteiger partial charge < -0.3 is 18.3 Å². The Labute approximate surface area is 581 Å². The molecule has 0 fully saturated rings. The minimum atomic E-state index is 0.397. The van der Waals surface area contributed by atoms with E-state index in [1.165, 1.54) is 0 Å². The number of hydrogen-bond acceptors (Lipinski definition) is 4. The average Bonchev–Trinajstić information content (AvgIpc) is 1.49. The van der Waals surface area contributed by atoms with Crippen LogP contribution in [0.4, 0.5) is 0 Å². The normalized spacial score (nSPS) is 12.0. The molecule has 0 aliphatic heterocycles. The van der Waals surface area contributed by atoms with Crippen molar-refractivity contribution in [3.63, 3.8) is 0 Å². The maximum atomic E-state index is 13.6. The van der Waals surface area contributed by atoms with Gasteiger partial charge in [0, 0.05) is 74.0 Å². The minimum absolute atomic E-state index is 0.397. The predicted octanol–water partition coefficient (Wildman–Crippen LogP) is 25.2. The topological polar surface area (TPSA) is 67.3 Å². The molecule has 6 nitrogen and oxygen atoms in total. The molecule has 0 radical (unpaired) electrons. The van der Waals surface area contributed by atoms with Gasteiger partial charge in [-0.1, -0.05) is 267 Å². The second-order valence-corrected chi connectivity index (χ2v) is 28.0. The summed E-state index contributed by atoms with van der Waals surface area (Å²) in [6, 6.07) is 119. The summed E-state index contributed by atoms with van der Waals surface area (Å²) in [5.74, 6) is 0. The van der Waals surface area contributed by atoms with Crippen LogP contribution in [-0.2, 0) is 0 Å². The summed E-state index contributed by atoms with van der Waals surface area (Å²) in [7, 11) is 0. The van der Waals surface area contributed by atoms with Gasteiger partial charge in [-0.2, -0.15) is 10.5 Å². The molecule has 21 aromatic rings. The largest absolute Gasteiger partial charge is 0.306 e. The van der Waals surface area contributed by atoms with E-state index in [4.69, 9.17) is 0 Å². The van der Waals surface area contributed by atoms with Gasteiger partial charge >= 0.3 is 0 Å². The molecule has 100 heavy (non-hydrogen) atoms. The van der Waals surface area contributed by atoms with Crippen LogP contribution in [0.3, 0.4) is 0 Å². The van der Waals surface area contributed by atoms with Crippen molar-refractivity contribution in [3.05, 3.63) is 327 Å². The fraction of sp³-hybridized carbons (Fsp3) is 0. The number of thiophene rings is 2. The summed E-state index contributed by atoms with van der Waals surface area (Å²) in [5, 5.41) is 40.0. The van der Waals surface area contributed by atoms with Crippen LogP contribution in [0.2, 0.25) is 0 Å². The van der Waals surface area contributed by atoms with Gasteiger partial charge in [0.25, 0.3) is 0 Å². The third-order valence-electron chi connectivity index (χ3n) is 20.9. The lowest BCUT2D eigenvalue weighted by Crippen LogP contribution is -2.16. The van der Waals surface area contributed by atoms with Crippen molar-refractivity contribution >= 4 is 150 Å². The number of nitrogens with zero attached hydrogens (tertiary/aromatic N) is 6. The molecule has 0 saturated carbocycles. The van der Waals surface area contributed by atoms with Crippen molar-refractivity contribution in [1.29, 1.82) is 10.5 Å². The van der Waals surface area contributed by atoms with Gasteiger partial charge in [0.05, 0.1) is 76.3 Å². The van der Waals surface area contributed by atoms with Gasteiger partial charge in [-0.05, 0) is 93.0 Å². The summed E-state index contributed by atoms with van der Waals surface area (Å²) in [6.45, 7) is 0. The third kappa shape index (κ3) is 7.91. The van der Waals surface area contributed by atoms with Crippen molar-refractivity contribution in [2.45, 2.75) is 0 Å². The highest BCUT2D eigenvalue weighted by Crippen LogP contribution is 2.53. The monoisotopic (exact) mass is 1300 g/mol. The molecule has 0 N–H and O–H groups in total. The fourth-order valence-electron chi connectivity index (χ4n) is 16.7. The Kier molecular flexibility index (Phi) is 12.2. The molecular weight excluding hydrogens is 1250 g/mol. The Morgan fingerprint density at radius 1 is 0.220 bits per heavy atom. The lowest BCUT2D eigenvalue weighted by atomic mass is 9.94. The molecule has 6 aromatic heterocycles. The highest BCUT2D eigenvalue weighted by atomic mass is 32.1. The molecule has 0 unspecified atom stereocenters. The van der Waals surface area contributed by atoms with Crippen LogP contribution in [0.25, 0.3) is 195 Å². The molecule has 0 spiro atoms. The van der Waals surface area contributed by atoms with E-state index in [2.05, 4.69) is 346 Å². The summed E-state index contributed by atoms with van der Waals surface area (Å²) in [6.07, 6.45) is 0. The third-order valence-corrected chi connectivity index (χ3v) is 23.3. The second-order valence-electron chi connectivity index (χ2n) is 25.9. The quantitative estimate of drug-likeness (QED) is 0.152. The molecule has 6 heterocycles. The zero-order valence-electron chi connectivity index (χ0n) is 53.5. The second kappa shape index (κ2) is 21.7. The Balaban J connectivity index is 1.04. The summed E-state index contributed by atoms with van der Waals surface area (Å²) in [5.41, 5.74) is 19.1. The van der Waals surface area contributed by atoms with Crippen molar-refractivity contribution in [2.75, 3.05) is 0 Å². The number of rotatable bonds is 8. The molecule has 462 valence electrons. The van der Waals surface area contributed by atoms with Gasteiger partial charge in [-0.3, -0.25) is 0 Å². The molecule has 0 aliphatic carbocycles. The molecule has 21 rings (SSSR count). The van der Waals surface area contributed by atoms with Gasteiger partial charge in [0.1, 0.15) is 23.3 Å². The number of nitriles is 2. The molecule has 15 aromatic carbocycles. The van der Waals surface area contributed by atoms with E-state index in [0.717, 1.165) is 172 Å². The first kappa shape index (κ1) is 56.1. The van der Waals surface area contributed by atoms with Crippen LogP contribution in [0.1, 0.15) is 11.1 Å². The van der Waals surface area contributed by atoms with Crippen LogP contribution < -0.4 is 0 Å². The van der Waals surface area contributed by atoms with E-state index < -0.39 is 0 Å². The van der Waals surface area contributed by atoms with E-state index in [-0.39, 0.29) is 0 Å². The van der Waals surface area contributed by atoms with Crippen LogP contribution in [0.15, 0.2) is 315 Å². The summed E-state index contributed by atoms with van der Waals surface area (Å²) >= 11 is 3.55. The Hall–Kier alpha value is -13.1. The van der Waals surface area contributed by atoms with Crippen LogP contribution in [0.5, 0.6) is 0 Å². The van der Waals surface area contributed by atoms with Crippen molar-refractivity contribution in [3.8, 4) is 79.4 Å². The number of fused-ring (bicyclic) bond motifs is 20. The zero-order chi connectivity index (χ0) is 65.8. The van der Waals surface area contributed by atoms with Crippen LogP contribution in [-0.4, -0.2) is 18.3 Å². The molecule has 0 bridgehead atoms. The van der Waals surface area contributed by atoms with E-state index in [0.29, 0.717) is 33.9 Å². The first-order chi connectivity index (χ1) is 49.6. The van der Waals surface area contributed by atoms with Crippen LogP contribution in [0, 0.1) is 22.7 Å².